The van der Waals surface area contributed by atoms with Crippen molar-refractivity contribution in [3.8, 4) is 11.5 Å². The lowest BCUT2D eigenvalue weighted by atomic mass is 9.50. The molecule has 1 unspecified atom stereocenters. The van der Waals surface area contributed by atoms with Gasteiger partial charge >= 0.3 is 11.9 Å². The van der Waals surface area contributed by atoms with Crippen LogP contribution >= 0.6 is 0 Å². The number of aromatic hydroxyl groups is 1. The molecule has 1 amide bonds. The molecule has 2 fully saturated rings. The van der Waals surface area contributed by atoms with E-state index in [-0.39, 0.29) is 35.9 Å². The minimum absolute atomic E-state index is 0.0194. The molecule has 4 N–H and O–H groups in total. The smallest absolute Gasteiger partial charge is 0.352 e. The predicted octanol–water partition coefficient (Wildman–Crippen LogP) is 0.402. The summed E-state index contributed by atoms with van der Waals surface area (Å²) in [6.07, 6.45) is 2.61. The molecule has 2 aliphatic carbocycles. The summed E-state index contributed by atoms with van der Waals surface area (Å²) < 4.78 is 17.4. The van der Waals surface area contributed by atoms with Crippen LogP contribution in [0.5, 0.6) is 11.5 Å². The van der Waals surface area contributed by atoms with Crippen LogP contribution in [0.2, 0.25) is 0 Å². The number of amides is 1. The summed E-state index contributed by atoms with van der Waals surface area (Å²) >= 11 is 0. The Morgan fingerprint density at radius 1 is 1.26 bits per heavy atom. The number of likely N-dealkylation sites (tertiary alicyclic amines) is 1. The lowest BCUT2D eigenvalue weighted by molar-refractivity contribution is -0.176. The van der Waals surface area contributed by atoms with Crippen LogP contribution in [-0.4, -0.2) is 89.0 Å². The third-order valence-corrected chi connectivity index (χ3v) is 9.29. The van der Waals surface area contributed by atoms with Gasteiger partial charge in [-0.2, -0.15) is 0 Å². The highest BCUT2D eigenvalue weighted by atomic mass is 16.6. The predicted molar refractivity (Wildman–Crippen MR) is 137 cm³/mol. The Hall–Kier alpha value is -3.15. The van der Waals surface area contributed by atoms with E-state index in [1.165, 1.54) is 13.8 Å². The van der Waals surface area contributed by atoms with Gasteiger partial charge in [-0.15, -0.1) is 0 Å². The van der Waals surface area contributed by atoms with Gasteiger partial charge in [-0.05, 0) is 77.4 Å². The summed E-state index contributed by atoms with van der Waals surface area (Å²) in [5.41, 5.74) is -0.262. The van der Waals surface area contributed by atoms with Crippen molar-refractivity contribution >= 4 is 17.8 Å². The zero-order valence-electron chi connectivity index (χ0n) is 22.4. The Balaban J connectivity index is 1.19. The van der Waals surface area contributed by atoms with Crippen molar-refractivity contribution in [1.29, 1.82) is 0 Å². The van der Waals surface area contributed by atoms with Gasteiger partial charge in [-0.1, -0.05) is 6.07 Å². The van der Waals surface area contributed by atoms with Crippen LogP contribution in [-0.2, 0) is 35.7 Å². The van der Waals surface area contributed by atoms with E-state index in [0.717, 1.165) is 24.1 Å². The summed E-state index contributed by atoms with van der Waals surface area (Å²) in [7, 11) is 2.00. The van der Waals surface area contributed by atoms with Crippen molar-refractivity contribution in [3.63, 3.8) is 0 Å². The first kappa shape index (κ1) is 26.1. The van der Waals surface area contributed by atoms with Gasteiger partial charge in [0.1, 0.15) is 11.8 Å². The number of nitrogens with zero attached hydrogens (tertiary/aromatic N) is 1. The van der Waals surface area contributed by atoms with Gasteiger partial charge in [-0.25, -0.2) is 9.59 Å². The minimum Gasteiger partial charge on any atom is -0.504 e. The van der Waals surface area contributed by atoms with E-state index in [9.17, 15) is 24.6 Å². The molecule has 1 aromatic rings. The van der Waals surface area contributed by atoms with Crippen LogP contribution in [0.3, 0.4) is 0 Å². The summed E-state index contributed by atoms with van der Waals surface area (Å²) in [4.78, 5) is 40.2. The van der Waals surface area contributed by atoms with E-state index >= 15 is 0 Å². The lowest BCUT2D eigenvalue weighted by Crippen LogP contribution is -2.74. The Bertz CT molecular complexity index is 1260. The summed E-state index contributed by atoms with van der Waals surface area (Å²) in [5, 5.41) is 28.5. The number of likely N-dealkylation sites (N-methyl/N-ethyl adjacent to an activating group) is 1. The highest BCUT2D eigenvalue weighted by Crippen LogP contribution is 2.65. The van der Waals surface area contributed by atoms with Crippen molar-refractivity contribution < 1.29 is 38.8 Å². The molecule has 0 radical (unpaired) electrons. The monoisotopic (exact) mass is 541 g/mol. The Kier molecular flexibility index (Phi) is 6.16. The number of rotatable bonds is 6. The Labute approximate surface area is 226 Å². The first-order valence-electron chi connectivity index (χ1n) is 13.7. The third-order valence-electron chi connectivity index (χ3n) is 9.29. The molecule has 11 nitrogen and oxygen atoms in total. The topological polar surface area (TPSA) is 147 Å². The average molecular weight is 542 g/mol. The van der Waals surface area contributed by atoms with Crippen LogP contribution in [0.1, 0.15) is 50.7 Å². The highest BCUT2D eigenvalue weighted by molar-refractivity contribution is 5.88. The average Bonchev–Trinajstić information content (AvgIpc) is 3.56. The van der Waals surface area contributed by atoms with E-state index in [1.807, 2.05) is 13.1 Å². The summed E-state index contributed by atoms with van der Waals surface area (Å²) in [5.74, 6) is -1.29. The second kappa shape index (κ2) is 9.21. The number of nitrogens with one attached hydrogen (secondary N) is 2. The molecule has 6 rings (SSSR count). The third kappa shape index (κ3) is 3.77. The zero-order chi connectivity index (χ0) is 27.7. The summed E-state index contributed by atoms with van der Waals surface area (Å²) in [6.45, 7) is 4.37. The standard InChI is InChI=1S/C28H35N3O8/c1-14(30-24(33)17-5-4-11-29-17)25(34)37-15(2)26(35)38-19-8-9-28(36)20-13-16-6-7-18(32)22-21(16)27(28,23(19)39-22)10-12-31(20)3/h6-8,14-15,17,20,23,29,32,36H,4-5,9-13H2,1-3H3,(H,30,33)/t14?,15-,17-,20+,23-,27-,28+/m0/s1. The minimum atomic E-state index is -1.25. The zero-order valence-corrected chi connectivity index (χ0v) is 22.4. The molecule has 1 spiro atoms. The van der Waals surface area contributed by atoms with Crippen molar-refractivity contribution in [2.24, 2.45) is 0 Å². The van der Waals surface area contributed by atoms with Gasteiger partial charge in [0.15, 0.2) is 23.7 Å². The van der Waals surface area contributed by atoms with Crippen molar-refractivity contribution in [2.75, 3.05) is 20.1 Å². The molecule has 2 bridgehead atoms. The maximum Gasteiger partial charge on any atom is 0.352 e. The number of carbonyl (C=O) groups excluding carboxylic acids is 3. The molecule has 0 saturated carbocycles. The summed E-state index contributed by atoms with van der Waals surface area (Å²) in [6, 6.07) is 2.03. The first-order valence-corrected chi connectivity index (χ1v) is 13.7. The fourth-order valence-corrected chi connectivity index (χ4v) is 7.24. The highest BCUT2D eigenvalue weighted by Gasteiger charge is 2.72. The number of carbonyl (C=O) groups is 3. The molecule has 210 valence electrons. The maximum atomic E-state index is 13.1. The number of phenolic OH excluding ortho intramolecular Hbond substituents is 1. The van der Waals surface area contributed by atoms with E-state index in [4.69, 9.17) is 14.2 Å². The van der Waals surface area contributed by atoms with Crippen molar-refractivity contribution in [1.82, 2.24) is 15.5 Å². The van der Waals surface area contributed by atoms with Crippen molar-refractivity contribution in [2.45, 2.75) is 87.3 Å². The van der Waals surface area contributed by atoms with Gasteiger partial charge in [0.2, 0.25) is 5.91 Å². The fourth-order valence-electron chi connectivity index (χ4n) is 7.24. The van der Waals surface area contributed by atoms with Gasteiger partial charge in [0, 0.05) is 18.0 Å². The molecule has 7 atom stereocenters. The first-order chi connectivity index (χ1) is 18.6. The molecule has 0 aromatic heterocycles. The quantitative estimate of drug-likeness (QED) is 0.373. The number of aliphatic hydroxyl groups is 1. The van der Waals surface area contributed by atoms with E-state index in [1.54, 1.807) is 12.1 Å². The fraction of sp³-hybridized carbons (Fsp3) is 0.607. The van der Waals surface area contributed by atoms with Crippen molar-refractivity contribution in [3.05, 3.63) is 35.1 Å². The van der Waals surface area contributed by atoms with Gasteiger partial charge in [-0.3, -0.25) is 4.79 Å². The molecule has 1 aromatic carbocycles. The number of hydrogen-bond acceptors (Lipinski definition) is 10. The number of hydrogen-bond donors (Lipinski definition) is 4. The largest absolute Gasteiger partial charge is 0.504 e. The molecule has 11 heteroatoms. The van der Waals surface area contributed by atoms with E-state index in [2.05, 4.69) is 15.5 Å². The second-order valence-corrected chi connectivity index (χ2v) is 11.5. The number of benzene rings is 1. The van der Waals surface area contributed by atoms with E-state index < -0.39 is 41.2 Å². The number of phenols is 1. The van der Waals surface area contributed by atoms with Crippen LogP contribution in [0.25, 0.3) is 0 Å². The lowest BCUT2D eigenvalue weighted by Gasteiger charge is -2.61. The molecular weight excluding hydrogens is 506 g/mol. The van der Waals surface area contributed by atoms with Crippen LogP contribution in [0.15, 0.2) is 24.0 Å². The SMILES string of the molecule is CC(NC(=O)[C@@H]1CCCN1)C(=O)O[C@@H](C)C(=O)OC1=CC[C@@]2(O)[C@H]3Cc4ccc(O)c5c4[C@@]2(CCN3C)[C@H]1O5. The second-order valence-electron chi connectivity index (χ2n) is 11.5. The maximum absolute atomic E-state index is 13.1. The molecular formula is C28H35N3O8. The molecule has 5 aliphatic rings. The van der Waals surface area contributed by atoms with E-state index in [0.29, 0.717) is 31.6 Å². The molecule has 3 heterocycles. The normalized spacial score (nSPS) is 33.7. The van der Waals surface area contributed by atoms with Gasteiger partial charge in [0.25, 0.3) is 0 Å². The van der Waals surface area contributed by atoms with Crippen LogP contribution < -0.4 is 15.4 Å². The van der Waals surface area contributed by atoms with Gasteiger partial charge in [0.05, 0.1) is 17.1 Å². The molecule has 39 heavy (non-hydrogen) atoms. The Morgan fingerprint density at radius 2 is 2.05 bits per heavy atom. The number of esters is 2. The Morgan fingerprint density at radius 3 is 2.79 bits per heavy atom. The molecule has 3 aliphatic heterocycles. The van der Waals surface area contributed by atoms with Gasteiger partial charge < -0.3 is 40.0 Å². The van der Waals surface area contributed by atoms with Crippen LogP contribution in [0.4, 0.5) is 0 Å². The number of piperidine rings is 1. The van der Waals surface area contributed by atoms with Crippen LogP contribution in [0, 0.1) is 0 Å². The number of ether oxygens (including phenoxy) is 3. The molecule has 2 saturated heterocycles.